The lowest BCUT2D eigenvalue weighted by Crippen LogP contribution is -2.44. The Labute approximate surface area is 96.3 Å². The lowest BCUT2D eigenvalue weighted by Gasteiger charge is -2.35. The second-order valence-corrected chi connectivity index (χ2v) is 5.29. The summed E-state index contributed by atoms with van der Waals surface area (Å²) < 4.78 is 11.0. The molecule has 2 heterocycles. The van der Waals surface area contributed by atoms with Crippen LogP contribution in [0.2, 0.25) is 0 Å². The highest BCUT2D eigenvalue weighted by molar-refractivity contribution is 5.09. The zero-order valence-corrected chi connectivity index (χ0v) is 10.2. The normalized spacial score (nSPS) is 26.9. The number of nitrogens with one attached hydrogen (secondary N) is 1. The minimum absolute atomic E-state index is 0.119. The van der Waals surface area contributed by atoms with E-state index in [-0.39, 0.29) is 11.7 Å². The summed E-state index contributed by atoms with van der Waals surface area (Å²) in [6.07, 6.45) is 2.86. The highest BCUT2D eigenvalue weighted by atomic mass is 16.5. The molecule has 0 amide bonds. The van der Waals surface area contributed by atoms with Gasteiger partial charge in [-0.25, -0.2) is 0 Å². The minimum Gasteiger partial charge on any atom is -0.371 e. The summed E-state index contributed by atoms with van der Waals surface area (Å²) in [6, 6.07) is 1.94. The van der Waals surface area contributed by atoms with Crippen LogP contribution in [-0.4, -0.2) is 30.0 Å². The molecule has 0 radical (unpaired) electrons. The van der Waals surface area contributed by atoms with Crippen LogP contribution in [0.25, 0.3) is 0 Å². The molecule has 0 spiro atoms. The van der Waals surface area contributed by atoms with Crippen LogP contribution >= 0.6 is 0 Å². The van der Waals surface area contributed by atoms with E-state index in [0.717, 1.165) is 25.2 Å². The second-order valence-electron chi connectivity index (χ2n) is 5.29. The van der Waals surface area contributed by atoms with E-state index in [1.165, 1.54) is 0 Å². The number of aromatic nitrogens is 1. The van der Waals surface area contributed by atoms with Gasteiger partial charge < -0.3 is 14.6 Å². The molecule has 1 aromatic heterocycles. The molecule has 4 heteroatoms. The van der Waals surface area contributed by atoms with Gasteiger partial charge in [-0.05, 0) is 33.7 Å². The van der Waals surface area contributed by atoms with Crippen molar-refractivity contribution < 1.29 is 9.26 Å². The topological polar surface area (TPSA) is 47.3 Å². The molecule has 1 aromatic rings. The fourth-order valence-corrected chi connectivity index (χ4v) is 2.16. The van der Waals surface area contributed by atoms with Crippen molar-refractivity contribution in [3.05, 3.63) is 18.0 Å². The number of rotatable bonds is 2. The van der Waals surface area contributed by atoms with Gasteiger partial charge in [-0.2, -0.15) is 0 Å². The molecule has 0 aliphatic carbocycles. The van der Waals surface area contributed by atoms with Crippen LogP contribution in [0.3, 0.4) is 0 Å². The number of nitrogens with zero attached hydrogens (tertiary/aromatic N) is 1. The molecule has 0 aromatic carbocycles. The zero-order valence-electron chi connectivity index (χ0n) is 10.2. The van der Waals surface area contributed by atoms with Crippen molar-refractivity contribution in [2.24, 2.45) is 0 Å². The first-order valence-corrected chi connectivity index (χ1v) is 5.85. The number of piperidine rings is 1. The fraction of sp³-hybridized carbons (Fsp3) is 0.750. The summed E-state index contributed by atoms with van der Waals surface area (Å²) in [5, 5.41) is 7.40. The van der Waals surface area contributed by atoms with Gasteiger partial charge in [-0.1, -0.05) is 5.16 Å². The minimum atomic E-state index is -0.119. The van der Waals surface area contributed by atoms with Gasteiger partial charge in [-0.3, -0.25) is 0 Å². The maximum absolute atomic E-state index is 6.07. The molecular weight excluding hydrogens is 204 g/mol. The Balaban J connectivity index is 2.08. The van der Waals surface area contributed by atoms with Gasteiger partial charge in [0, 0.05) is 18.5 Å². The first kappa shape index (κ1) is 11.6. The SMILES string of the molecule is CC(C)(C)OC1CNCCC1c1ccon1. The third-order valence-corrected chi connectivity index (χ3v) is 2.77. The predicted molar refractivity (Wildman–Crippen MR) is 61.4 cm³/mol. The van der Waals surface area contributed by atoms with Crippen LogP contribution in [0, 0.1) is 0 Å². The molecule has 2 rings (SSSR count). The Morgan fingerprint density at radius 2 is 2.31 bits per heavy atom. The highest BCUT2D eigenvalue weighted by Crippen LogP contribution is 2.29. The van der Waals surface area contributed by atoms with Gasteiger partial charge in [0.2, 0.25) is 0 Å². The van der Waals surface area contributed by atoms with E-state index in [2.05, 4.69) is 31.2 Å². The largest absolute Gasteiger partial charge is 0.371 e. The van der Waals surface area contributed by atoms with Gasteiger partial charge in [0.15, 0.2) is 0 Å². The zero-order chi connectivity index (χ0) is 11.6. The van der Waals surface area contributed by atoms with Crippen LogP contribution in [0.4, 0.5) is 0 Å². The van der Waals surface area contributed by atoms with Crippen molar-refractivity contribution in [2.45, 2.75) is 44.8 Å². The summed E-state index contributed by atoms with van der Waals surface area (Å²) in [4.78, 5) is 0. The van der Waals surface area contributed by atoms with Crippen molar-refractivity contribution in [2.75, 3.05) is 13.1 Å². The molecule has 0 saturated carbocycles. The quantitative estimate of drug-likeness (QED) is 0.834. The predicted octanol–water partition coefficient (Wildman–Crippen LogP) is 1.94. The van der Waals surface area contributed by atoms with E-state index < -0.39 is 0 Å². The van der Waals surface area contributed by atoms with Gasteiger partial charge >= 0.3 is 0 Å². The Bertz CT molecular complexity index is 316. The summed E-state index contributed by atoms with van der Waals surface area (Å²) in [6.45, 7) is 8.15. The molecule has 0 bridgehead atoms. The average molecular weight is 224 g/mol. The standard InChI is InChI=1S/C12H20N2O2/c1-12(2,3)16-11-8-13-6-4-9(11)10-5-7-15-14-10/h5,7,9,11,13H,4,6,8H2,1-3H3. The lowest BCUT2D eigenvalue weighted by atomic mass is 9.91. The number of hydrogen-bond acceptors (Lipinski definition) is 4. The smallest absolute Gasteiger partial charge is 0.124 e. The highest BCUT2D eigenvalue weighted by Gasteiger charge is 2.31. The Morgan fingerprint density at radius 1 is 1.50 bits per heavy atom. The molecule has 16 heavy (non-hydrogen) atoms. The summed E-state index contributed by atoms with van der Waals surface area (Å²) in [5.74, 6) is 0.347. The third-order valence-electron chi connectivity index (χ3n) is 2.77. The number of ether oxygens (including phenoxy) is 1. The summed E-state index contributed by atoms with van der Waals surface area (Å²) in [5.41, 5.74) is 0.891. The van der Waals surface area contributed by atoms with Crippen LogP contribution in [0.1, 0.15) is 38.8 Å². The van der Waals surface area contributed by atoms with Crippen molar-refractivity contribution in [1.82, 2.24) is 10.5 Å². The maximum atomic E-state index is 6.07. The van der Waals surface area contributed by atoms with Crippen molar-refractivity contribution in [1.29, 1.82) is 0 Å². The van der Waals surface area contributed by atoms with E-state index >= 15 is 0 Å². The lowest BCUT2D eigenvalue weighted by molar-refractivity contribution is -0.0776. The molecule has 1 saturated heterocycles. The first-order chi connectivity index (χ1) is 7.56. The van der Waals surface area contributed by atoms with Crippen molar-refractivity contribution in [3.63, 3.8) is 0 Å². The van der Waals surface area contributed by atoms with Crippen molar-refractivity contribution in [3.8, 4) is 0 Å². The van der Waals surface area contributed by atoms with Gasteiger partial charge in [-0.15, -0.1) is 0 Å². The molecule has 2 unspecified atom stereocenters. The van der Waals surface area contributed by atoms with Gasteiger partial charge in [0.25, 0.3) is 0 Å². The summed E-state index contributed by atoms with van der Waals surface area (Å²) in [7, 11) is 0. The second kappa shape index (κ2) is 4.55. The molecule has 90 valence electrons. The maximum Gasteiger partial charge on any atom is 0.124 e. The Kier molecular flexibility index (Phi) is 3.30. The van der Waals surface area contributed by atoms with Gasteiger partial charge in [0.05, 0.1) is 17.4 Å². The van der Waals surface area contributed by atoms with E-state index in [9.17, 15) is 0 Å². The van der Waals surface area contributed by atoms with E-state index in [0.29, 0.717) is 5.92 Å². The Hall–Kier alpha value is -0.870. The molecule has 1 aliphatic heterocycles. The molecule has 2 atom stereocenters. The average Bonchev–Trinajstić information content (AvgIpc) is 2.69. The number of hydrogen-bond donors (Lipinski definition) is 1. The van der Waals surface area contributed by atoms with E-state index in [1.54, 1.807) is 6.26 Å². The monoisotopic (exact) mass is 224 g/mol. The van der Waals surface area contributed by atoms with Crippen LogP contribution in [0.15, 0.2) is 16.9 Å². The molecule has 1 aliphatic rings. The molecule has 4 nitrogen and oxygen atoms in total. The van der Waals surface area contributed by atoms with Crippen LogP contribution in [-0.2, 0) is 4.74 Å². The van der Waals surface area contributed by atoms with E-state index in [1.807, 2.05) is 6.07 Å². The third kappa shape index (κ3) is 2.83. The molecule has 1 fully saturated rings. The van der Waals surface area contributed by atoms with Crippen molar-refractivity contribution >= 4 is 0 Å². The Morgan fingerprint density at radius 3 is 2.94 bits per heavy atom. The van der Waals surface area contributed by atoms with E-state index in [4.69, 9.17) is 9.26 Å². The van der Waals surface area contributed by atoms with Crippen LogP contribution in [0.5, 0.6) is 0 Å². The van der Waals surface area contributed by atoms with Crippen LogP contribution < -0.4 is 5.32 Å². The summed E-state index contributed by atoms with van der Waals surface area (Å²) >= 11 is 0. The first-order valence-electron chi connectivity index (χ1n) is 5.85. The van der Waals surface area contributed by atoms with Gasteiger partial charge in [0.1, 0.15) is 6.26 Å². The molecule has 1 N–H and O–H groups in total. The molecular formula is C12H20N2O2. The fourth-order valence-electron chi connectivity index (χ4n) is 2.16.